The van der Waals surface area contributed by atoms with Crippen LogP contribution in [0.1, 0.15) is 36.1 Å². The van der Waals surface area contributed by atoms with Gasteiger partial charge in [-0.05, 0) is 47.9 Å². The Morgan fingerprint density at radius 3 is 2.30 bits per heavy atom. The molecular formula is C29H28ClNO6. The van der Waals surface area contributed by atoms with Gasteiger partial charge < -0.3 is 24.2 Å². The average molecular weight is 522 g/mol. The van der Waals surface area contributed by atoms with Crippen LogP contribution in [-0.4, -0.2) is 42.5 Å². The number of carbonyl (C=O) groups excluding carboxylic acids is 2. The van der Waals surface area contributed by atoms with E-state index in [4.69, 9.17) is 25.8 Å². The fourth-order valence-electron chi connectivity index (χ4n) is 4.38. The molecule has 0 spiro atoms. The number of likely N-dealkylation sites (tertiary alicyclic amines) is 1. The number of benzene rings is 3. The Bertz CT molecular complexity index is 1340. The maximum absolute atomic E-state index is 13.2. The second-order valence-electron chi connectivity index (χ2n) is 8.53. The van der Waals surface area contributed by atoms with Gasteiger partial charge in [0.25, 0.3) is 11.7 Å². The number of halogens is 1. The first kappa shape index (κ1) is 26.1. The minimum absolute atomic E-state index is 0.0142. The summed E-state index contributed by atoms with van der Waals surface area (Å²) < 4.78 is 16.7. The summed E-state index contributed by atoms with van der Waals surface area (Å²) in [5, 5.41) is 11.5. The van der Waals surface area contributed by atoms with Gasteiger partial charge in [-0.15, -0.1) is 0 Å². The smallest absolute Gasteiger partial charge is 0.295 e. The summed E-state index contributed by atoms with van der Waals surface area (Å²) in [6.45, 7) is 2.60. The summed E-state index contributed by atoms with van der Waals surface area (Å²) in [5.41, 5.74) is 1.90. The molecule has 0 saturated carbocycles. The first-order valence-corrected chi connectivity index (χ1v) is 12.2. The molecule has 1 aliphatic heterocycles. The molecule has 7 nitrogen and oxygen atoms in total. The van der Waals surface area contributed by atoms with Gasteiger partial charge in [-0.25, -0.2) is 0 Å². The standard InChI is InChI=1S/C29H28ClNO6/c1-4-14-31-26(19-10-13-23(24(16-19)36-3)37-17-18-8-6-5-7-9-18)25(28(33)29(31)34)27(32)20-11-12-22(35-2)21(30)15-20/h5-13,15-16,26,32H,4,14,17H2,1-3H3/b27-25-. The highest BCUT2D eigenvalue weighted by Gasteiger charge is 2.46. The summed E-state index contributed by atoms with van der Waals surface area (Å²) in [7, 11) is 3.01. The fourth-order valence-corrected chi connectivity index (χ4v) is 4.63. The van der Waals surface area contributed by atoms with Crippen molar-refractivity contribution in [1.82, 2.24) is 4.90 Å². The third-order valence-corrected chi connectivity index (χ3v) is 6.47. The van der Waals surface area contributed by atoms with E-state index in [9.17, 15) is 14.7 Å². The van der Waals surface area contributed by atoms with Crippen LogP contribution in [0.4, 0.5) is 0 Å². The van der Waals surface area contributed by atoms with E-state index >= 15 is 0 Å². The molecule has 0 aliphatic carbocycles. The number of aliphatic hydroxyl groups is 1. The number of aliphatic hydroxyl groups excluding tert-OH is 1. The van der Waals surface area contributed by atoms with Crippen molar-refractivity contribution in [2.45, 2.75) is 26.0 Å². The lowest BCUT2D eigenvalue weighted by Crippen LogP contribution is -2.30. The molecule has 1 fully saturated rings. The molecule has 0 bridgehead atoms. The highest BCUT2D eigenvalue weighted by Crippen LogP contribution is 2.42. The molecule has 1 aliphatic rings. The van der Waals surface area contributed by atoms with Gasteiger partial charge >= 0.3 is 0 Å². The second kappa shape index (κ2) is 11.4. The molecule has 3 aromatic rings. The topological polar surface area (TPSA) is 85.3 Å². The lowest BCUT2D eigenvalue weighted by Gasteiger charge is -2.25. The molecule has 192 valence electrons. The number of Topliss-reactive ketones (excluding diaryl/α,β-unsaturated/α-hetero) is 1. The number of hydrogen-bond acceptors (Lipinski definition) is 6. The first-order chi connectivity index (χ1) is 17.9. The zero-order chi connectivity index (χ0) is 26.5. The average Bonchev–Trinajstić information content (AvgIpc) is 3.17. The van der Waals surface area contributed by atoms with Crippen molar-refractivity contribution in [2.24, 2.45) is 0 Å². The molecule has 1 N–H and O–H groups in total. The van der Waals surface area contributed by atoms with Gasteiger partial charge in [0.2, 0.25) is 0 Å². The summed E-state index contributed by atoms with van der Waals surface area (Å²) >= 11 is 6.26. The highest BCUT2D eigenvalue weighted by atomic mass is 35.5. The Balaban J connectivity index is 1.76. The SMILES string of the molecule is CCCN1C(=O)C(=O)/C(=C(\O)c2ccc(OC)c(Cl)c2)C1c1ccc(OCc2ccccc2)c(OC)c1. The number of amides is 1. The van der Waals surface area contributed by atoms with Crippen LogP contribution in [0.5, 0.6) is 17.2 Å². The number of carbonyl (C=O) groups is 2. The number of ketones is 1. The van der Waals surface area contributed by atoms with Crippen molar-refractivity contribution in [1.29, 1.82) is 0 Å². The summed E-state index contributed by atoms with van der Waals surface area (Å²) in [4.78, 5) is 27.6. The van der Waals surface area contributed by atoms with Gasteiger partial charge in [0.05, 0.1) is 30.9 Å². The first-order valence-electron chi connectivity index (χ1n) is 11.9. The number of hydrogen-bond donors (Lipinski definition) is 1. The van der Waals surface area contributed by atoms with E-state index in [1.54, 1.807) is 30.3 Å². The van der Waals surface area contributed by atoms with Crippen molar-refractivity contribution in [3.63, 3.8) is 0 Å². The second-order valence-corrected chi connectivity index (χ2v) is 8.93. The minimum Gasteiger partial charge on any atom is -0.507 e. The van der Waals surface area contributed by atoms with Crippen molar-refractivity contribution in [2.75, 3.05) is 20.8 Å². The van der Waals surface area contributed by atoms with E-state index in [1.807, 2.05) is 37.3 Å². The zero-order valence-corrected chi connectivity index (χ0v) is 21.6. The van der Waals surface area contributed by atoms with Crippen LogP contribution in [-0.2, 0) is 16.2 Å². The normalized spacial score (nSPS) is 16.6. The van der Waals surface area contributed by atoms with Gasteiger partial charge in [0, 0.05) is 12.1 Å². The zero-order valence-electron chi connectivity index (χ0n) is 20.9. The molecule has 8 heteroatoms. The van der Waals surface area contributed by atoms with Crippen LogP contribution in [0.15, 0.2) is 72.3 Å². The van der Waals surface area contributed by atoms with Crippen LogP contribution in [0.25, 0.3) is 5.76 Å². The third kappa shape index (κ3) is 5.27. The molecule has 3 aromatic carbocycles. The van der Waals surface area contributed by atoms with E-state index in [0.717, 1.165) is 5.56 Å². The number of methoxy groups -OCH3 is 2. The highest BCUT2D eigenvalue weighted by molar-refractivity contribution is 6.46. The number of ether oxygens (including phenoxy) is 3. The molecule has 0 aromatic heterocycles. The van der Waals surface area contributed by atoms with Gasteiger partial charge in [0.15, 0.2) is 11.5 Å². The Labute approximate surface area is 220 Å². The predicted octanol–water partition coefficient (Wildman–Crippen LogP) is 5.77. The maximum atomic E-state index is 13.2. The van der Waals surface area contributed by atoms with Gasteiger partial charge in [-0.1, -0.05) is 54.9 Å². The van der Waals surface area contributed by atoms with Crippen molar-refractivity contribution >= 4 is 29.1 Å². The molecule has 1 saturated heterocycles. The van der Waals surface area contributed by atoms with Crippen LogP contribution >= 0.6 is 11.6 Å². The summed E-state index contributed by atoms with van der Waals surface area (Å²) in [6, 6.07) is 18.9. The molecule has 1 unspecified atom stereocenters. The molecular weight excluding hydrogens is 494 g/mol. The van der Waals surface area contributed by atoms with Crippen molar-refractivity contribution in [3.8, 4) is 17.2 Å². The van der Waals surface area contributed by atoms with Crippen LogP contribution < -0.4 is 14.2 Å². The van der Waals surface area contributed by atoms with Crippen LogP contribution in [0.3, 0.4) is 0 Å². The van der Waals surface area contributed by atoms with E-state index in [1.165, 1.54) is 25.2 Å². The third-order valence-electron chi connectivity index (χ3n) is 6.17. The Kier molecular flexibility index (Phi) is 8.04. The molecule has 37 heavy (non-hydrogen) atoms. The van der Waals surface area contributed by atoms with E-state index in [0.29, 0.717) is 47.9 Å². The van der Waals surface area contributed by atoms with Gasteiger partial charge in [-0.3, -0.25) is 9.59 Å². The van der Waals surface area contributed by atoms with E-state index in [2.05, 4.69) is 0 Å². The van der Waals surface area contributed by atoms with Crippen LogP contribution in [0, 0.1) is 0 Å². The molecule has 1 atom stereocenters. The lowest BCUT2D eigenvalue weighted by molar-refractivity contribution is -0.139. The summed E-state index contributed by atoms with van der Waals surface area (Å²) in [6.07, 6.45) is 0.632. The molecule has 0 radical (unpaired) electrons. The van der Waals surface area contributed by atoms with E-state index < -0.39 is 17.7 Å². The quantitative estimate of drug-likeness (QED) is 0.219. The largest absolute Gasteiger partial charge is 0.507 e. The summed E-state index contributed by atoms with van der Waals surface area (Å²) in [5.74, 6) is -0.345. The number of nitrogens with zero attached hydrogens (tertiary/aromatic N) is 1. The van der Waals surface area contributed by atoms with Gasteiger partial charge in [0.1, 0.15) is 18.1 Å². The van der Waals surface area contributed by atoms with Gasteiger partial charge in [-0.2, -0.15) is 0 Å². The fraction of sp³-hybridized carbons (Fsp3) is 0.241. The Morgan fingerprint density at radius 1 is 0.946 bits per heavy atom. The van der Waals surface area contributed by atoms with Crippen molar-refractivity contribution in [3.05, 3.63) is 94.0 Å². The predicted molar refractivity (Wildman–Crippen MR) is 141 cm³/mol. The molecule has 4 rings (SSSR count). The molecule has 1 heterocycles. The van der Waals surface area contributed by atoms with Crippen molar-refractivity contribution < 1.29 is 28.9 Å². The Hall–Kier alpha value is -3.97. The molecule has 1 amide bonds. The minimum atomic E-state index is -0.807. The maximum Gasteiger partial charge on any atom is 0.295 e. The van der Waals surface area contributed by atoms with E-state index in [-0.39, 0.29) is 16.4 Å². The monoisotopic (exact) mass is 521 g/mol. The Morgan fingerprint density at radius 2 is 1.65 bits per heavy atom. The lowest BCUT2D eigenvalue weighted by atomic mass is 9.95. The number of rotatable bonds is 9. The van der Waals surface area contributed by atoms with Crippen LogP contribution in [0.2, 0.25) is 5.02 Å².